The van der Waals surface area contributed by atoms with Gasteiger partial charge >= 0.3 is 0 Å². The number of allylic oxidation sites excluding steroid dienone is 3. The highest BCUT2D eigenvalue weighted by molar-refractivity contribution is 4.96. The maximum atomic E-state index is 5.79. The molecule has 1 aliphatic heterocycles. The third kappa shape index (κ3) is 4.64. The first-order valence-electron chi connectivity index (χ1n) is 6.57. The van der Waals surface area contributed by atoms with Crippen LogP contribution in [-0.4, -0.2) is 19.0 Å². The number of rotatable bonds is 6. The van der Waals surface area contributed by atoms with Crippen LogP contribution in [0.25, 0.3) is 0 Å². The van der Waals surface area contributed by atoms with Crippen molar-refractivity contribution in [1.29, 1.82) is 0 Å². The highest BCUT2D eigenvalue weighted by Crippen LogP contribution is 2.36. The molecule has 98 valence electrons. The maximum Gasteiger partial charge on any atom is 0.162 e. The van der Waals surface area contributed by atoms with Crippen molar-refractivity contribution in [2.24, 2.45) is 5.41 Å². The van der Waals surface area contributed by atoms with Crippen molar-refractivity contribution >= 4 is 0 Å². The summed E-state index contributed by atoms with van der Waals surface area (Å²) in [4.78, 5) is 0. The van der Waals surface area contributed by atoms with Crippen molar-refractivity contribution in [2.75, 3.05) is 13.2 Å². The standard InChI is InChI=1S/C15H26O2/c1-5-7-8-9-11-15(10-6-2)12-16-14(3,4)17-13-15/h6,8-9H,2,5,7,10-13H2,1,3-4H3/b9-8+. The summed E-state index contributed by atoms with van der Waals surface area (Å²) in [5, 5.41) is 0. The minimum atomic E-state index is -0.433. The molecule has 2 heteroatoms. The van der Waals surface area contributed by atoms with Gasteiger partial charge in [0.1, 0.15) is 0 Å². The van der Waals surface area contributed by atoms with E-state index in [9.17, 15) is 0 Å². The fourth-order valence-corrected chi connectivity index (χ4v) is 1.98. The van der Waals surface area contributed by atoms with E-state index in [0.717, 1.165) is 32.5 Å². The molecule has 0 saturated carbocycles. The lowest BCUT2D eigenvalue weighted by Crippen LogP contribution is -2.46. The molecule has 0 aliphatic carbocycles. The summed E-state index contributed by atoms with van der Waals surface area (Å²) < 4.78 is 11.6. The van der Waals surface area contributed by atoms with E-state index < -0.39 is 5.79 Å². The van der Waals surface area contributed by atoms with Gasteiger partial charge in [-0.2, -0.15) is 0 Å². The number of unbranched alkanes of at least 4 members (excludes halogenated alkanes) is 1. The van der Waals surface area contributed by atoms with Crippen LogP contribution >= 0.6 is 0 Å². The van der Waals surface area contributed by atoms with Crippen LogP contribution in [0.5, 0.6) is 0 Å². The van der Waals surface area contributed by atoms with Gasteiger partial charge in [-0.1, -0.05) is 31.6 Å². The third-order valence-corrected chi connectivity index (χ3v) is 3.20. The van der Waals surface area contributed by atoms with E-state index in [-0.39, 0.29) is 5.41 Å². The zero-order valence-electron chi connectivity index (χ0n) is 11.5. The Kier molecular flexibility index (Phi) is 5.41. The fraction of sp³-hybridized carbons (Fsp3) is 0.733. The van der Waals surface area contributed by atoms with Gasteiger partial charge in [0.2, 0.25) is 0 Å². The maximum absolute atomic E-state index is 5.79. The van der Waals surface area contributed by atoms with E-state index in [2.05, 4.69) is 25.7 Å². The van der Waals surface area contributed by atoms with Gasteiger partial charge in [0, 0.05) is 5.41 Å². The molecule has 0 radical (unpaired) electrons. The van der Waals surface area contributed by atoms with Crippen LogP contribution in [0.2, 0.25) is 0 Å². The SMILES string of the molecule is C=CCC1(C/C=C/CCC)COC(C)(C)OC1. The summed E-state index contributed by atoms with van der Waals surface area (Å²) >= 11 is 0. The quantitative estimate of drug-likeness (QED) is 0.649. The molecule has 2 nitrogen and oxygen atoms in total. The average Bonchev–Trinajstić information content (AvgIpc) is 2.29. The highest BCUT2D eigenvalue weighted by Gasteiger charge is 2.38. The van der Waals surface area contributed by atoms with E-state index in [1.165, 1.54) is 6.42 Å². The molecule has 0 amide bonds. The zero-order chi connectivity index (χ0) is 12.8. The summed E-state index contributed by atoms with van der Waals surface area (Å²) in [6.07, 6.45) is 10.8. The minimum Gasteiger partial charge on any atom is -0.350 e. The lowest BCUT2D eigenvalue weighted by molar-refractivity contribution is -0.284. The Morgan fingerprint density at radius 2 is 1.76 bits per heavy atom. The van der Waals surface area contributed by atoms with Gasteiger partial charge in [-0.15, -0.1) is 6.58 Å². The third-order valence-electron chi connectivity index (χ3n) is 3.20. The molecule has 1 saturated heterocycles. The molecule has 1 heterocycles. The summed E-state index contributed by atoms with van der Waals surface area (Å²) in [5.74, 6) is -0.433. The summed E-state index contributed by atoms with van der Waals surface area (Å²) in [6.45, 7) is 11.5. The molecule has 17 heavy (non-hydrogen) atoms. The van der Waals surface area contributed by atoms with Gasteiger partial charge in [-0.05, 0) is 33.1 Å². The molecule has 0 atom stereocenters. The second-order valence-corrected chi connectivity index (χ2v) is 5.43. The Morgan fingerprint density at radius 3 is 2.29 bits per heavy atom. The minimum absolute atomic E-state index is 0.0848. The van der Waals surface area contributed by atoms with Crippen molar-refractivity contribution in [3.8, 4) is 0 Å². The topological polar surface area (TPSA) is 18.5 Å². The highest BCUT2D eigenvalue weighted by atomic mass is 16.7. The van der Waals surface area contributed by atoms with Crippen LogP contribution in [0, 0.1) is 5.41 Å². The Labute approximate surface area is 106 Å². The molecule has 1 fully saturated rings. The summed E-state index contributed by atoms with van der Waals surface area (Å²) in [7, 11) is 0. The van der Waals surface area contributed by atoms with Crippen LogP contribution in [0.15, 0.2) is 24.8 Å². The van der Waals surface area contributed by atoms with E-state index in [0.29, 0.717) is 0 Å². The largest absolute Gasteiger partial charge is 0.350 e. The lowest BCUT2D eigenvalue weighted by atomic mass is 9.81. The molecule has 0 aromatic carbocycles. The Morgan fingerprint density at radius 1 is 1.12 bits per heavy atom. The smallest absolute Gasteiger partial charge is 0.162 e. The van der Waals surface area contributed by atoms with Crippen LogP contribution in [0.3, 0.4) is 0 Å². The number of hydrogen-bond acceptors (Lipinski definition) is 2. The molecule has 0 aromatic heterocycles. The normalized spacial score (nSPS) is 22.8. The lowest BCUT2D eigenvalue weighted by Gasteiger charge is -2.42. The van der Waals surface area contributed by atoms with Gasteiger partial charge < -0.3 is 9.47 Å². The van der Waals surface area contributed by atoms with Gasteiger partial charge in [-0.25, -0.2) is 0 Å². The molecular weight excluding hydrogens is 212 g/mol. The Balaban J connectivity index is 2.55. The molecule has 1 rings (SSSR count). The molecule has 0 aromatic rings. The molecular formula is C15H26O2. The number of ether oxygens (including phenoxy) is 2. The predicted octanol–water partition coefficient (Wildman–Crippen LogP) is 4.08. The van der Waals surface area contributed by atoms with Crippen molar-refractivity contribution in [3.05, 3.63) is 24.8 Å². The monoisotopic (exact) mass is 238 g/mol. The molecule has 0 N–H and O–H groups in total. The van der Waals surface area contributed by atoms with Crippen LogP contribution in [0.1, 0.15) is 46.5 Å². The van der Waals surface area contributed by atoms with E-state index in [4.69, 9.17) is 9.47 Å². The molecule has 0 spiro atoms. The van der Waals surface area contributed by atoms with E-state index in [1.807, 2.05) is 19.9 Å². The summed E-state index contributed by atoms with van der Waals surface area (Å²) in [6, 6.07) is 0. The predicted molar refractivity (Wildman–Crippen MR) is 71.9 cm³/mol. The molecule has 1 aliphatic rings. The van der Waals surface area contributed by atoms with Crippen molar-refractivity contribution in [3.63, 3.8) is 0 Å². The first-order chi connectivity index (χ1) is 8.04. The first-order valence-corrected chi connectivity index (χ1v) is 6.57. The Hall–Kier alpha value is -0.600. The van der Waals surface area contributed by atoms with E-state index >= 15 is 0 Å². The fourth-order valence-electron chi connectivity index (χ4n) is 1.98. The van der Waals surface area contributed by atoms with Crippen LogP contribution in [-0.2, 0) is 9.47 Å². The van der Waals surface area contributed by atoms with Crippen molar-refractivity contribution in [2.45, 2.75) is 52.2 Å². The van der Waals surface area contributed by atoms with Gasteiger partial charge in [-0.3, -0.25) is 0 Å². The average molecular weight is 238 g/mol. The second kappa shape index (κ2) is 6.36. The second-order valence-electron chi connectivity index (χ2n) is 5.43. The zero-order valence-corrected chi connectivity index (χ0v) is 11.5. The first kappa shape index (κ1) is 14.5. The summed E-state index contributed by atoms with van der Waals surface area (Å²) in [5.41, 5.74) is 0.0848. The Bertz CT molecular complexity index is 256. The number of hydrogen-bond donors (Lipinski definition) is 0. The van der Waals surface area contributed by atoms with Crippen molar-refractivity contribution < 1.29 is 9.47 Å². The van der Waals surface area contributed by atoms with Crippen molar-refractivity contribution in [1.82, 2.24) is 0 Å². The van der Waals surface area contributed by atoms with Crippen LogP contribution < -0.4 is 0 Å². The van der Waals surface area contributed by atoms with Crippen LogP contribution in [0.4, 0.5) is 0 Å². The van der Waals surface area contributed by atoms with Gasteiger partial charge in [0.25, 0.3) is 0 Å². The molecule has 0 unspecified atom stereocenters. The molecule has 0 bridgehead atoms. The van der Waals surface area contributed by atoms with E-state index in [1.54, 1.807) is 0 Å². The van der Waals surface area contributed by atoms with Gasteiger partial charge in [0.15, 0.2) is 5.79 Å². The van der Waals surface area contributed by atoms with Gasteiger partial charge in [0.05, 0.1) is 13.2 Å².